The van der Waals surface area contributed by atoms with Gasteiger partial charge in [-0.1, -0.05) is 18.2 Å². The molecule has 1 aromatic carbocycles. The van der Waals surface area contributed by atoms with E-state index in [2.05, 4.69) is 52.0 Å². The van der Waals surface area contributed by atoms with E-state index in [0.717, 1.165) is 39.0 Å². The van der Waals surface area contributed by atoms with Crippen molar-refractivity contribution in [1.82, 2.24) is 4.90 Å². The molecular weight excluding hydrogens is 292 g/mol. The maximum atomic E-state index is 9.21. The van der Waals surface area contributed by atoms with Gasteiger partial charge in [-0.3, -0.25) is 4.90 Å². The molecule has 4 heteroatoms. The zero-order chi connectivity index (χ0) is 15.2. The number of rotatable bonds is 6. The molecule has 1 aliphatic heterocycles. The Morgan fingerprint density at radius 1 is 1.18 bits per heavy atom. The van der Waals surface area contributed by atoms with Crippen molar-refractivity contribution in [1.29, 1.82) is 0 Å². The molecular formula is C18H24N2OS. The van der Waals surface area contributed by atoms with Crippen LogP contribution in [0.15, 0.2) is 41.8 Å². The maximum Gasteiger partial charge on any atom is 0.0494 e. The lowest BCUT2D eigenvalue weighted by Gasteiger charge is -2.31. The standard InChI is InChI=1S/C18H24N2OS/c21-14-15-6-8-20(9-7-15)13-16-3-1-4-17(11-16)19-12-18-5-2-10-22-18/h1-5,10-11,15,19,21H,6-9,12-14H2. The lowest BCUT2D eigenvalue weighted by Crippen LogP contribution is -2.34. The molecule has 1 saturated heterocycles. The smallest absolute Gasteiger partial charge is 0.0494 e. The second-order valence-electron chi connectivity index (χ2n) is 6.04. The van der Waals surface area contributed by atoms with Crippen LogP contribution >= 0.6 is 11.3 Å². The van der Waals surface area contributed by atoms with Gasteiger partial charge >= 0.3 is 0 Å². The number of hydrogen-bond acceptors (Lipinski definition) is 4. The van der Waals surface area contributed by atoms with Crippen LogP contribution in [0.3, 0.4) is 0 Å². The Morgan fingerprint density at radius 2 is 2.05 bits per heavy atom. The first kappa shape index (κ1) is 15.5. The molecule has 0 amide bonds. The molecule has 0 atom stereocenters. The third-order valence-corrected chi connectivity index (χ3v) is 5.22. The quantitative estimate of drug-likeness (QED) is 0.855. The number of anilines is 1. The van der Waals surface area contributed by atoms with E-state index in [1.165, 1.54) is 16.1 Å². The summed E-state index contributed by atoms with van der Waals surface area (Å²) in [6.07, 6.45) is 2.24. The number of nitrogens with zero attached hydrogens (tertiary/aromatic N) is 1. The Kier molecular flexibility index (Phi) is 5.48. The highest BCUT2D eigenvalue weighted by atomic mass is 32.1. The topological polar surface area (TPSA) is 35.5 Å². The molecule has 22 heavy (non-hydrogen) atoms. The van der Waals surface area contributed by atoms with Crippen molar-refractivity contribution >= 4 is 17.0 Å². The van der Waals surface area contributed by atoms with Crippen LogP contribution < -0.4 is 5.32 Å². The van der Waals surface area contributed by atoms with E-state index in [4.69, 9.17) is 0 Å². The van der Waals surface area contributed by atoms with Gasteiger partial charge in [0, 0.05) is 30.3 Å². The average Bonchev–Trinajstić information content (AvgIpc) is 3.08. The van der Waals surface area contributed by atoms with E-state index in [0.29, 0.717) is 12.5 Å². The summed E-state index contributed by atoms with van der Waals surface area (Å²) in [7, 11) is 0. The monoisotopic (exact) mass is 316 g/mol. The number of aliphatic hydroxyl groups is 1. The largest absolute Gasteiger partial charge is 0.396 e. The van der Waals surface area contributed by atoms with Crippen LogP contribution in [0.2, 0.25) is 0 Å². The first-order valence-electron chi connectivity index (χ1n) is 8.02. The molecule has 0 spiro atoms. The summed E-state index contributed by atoms with van der Waals surface area (Å²) in [4.78, 5) is 3.85. The maximum absolute atomic E-state index is 9.21. The Labute approximate surface area is 136 Å². The van der Waals surface area contributed by atoms with Crippen molar-refractivity contribution in [3.8, 4) is 0 Å². The minimum atomic E-state index is 0.343. The van der Waals surface area contributed by atoms with Gasteiger partial charge < -0.3 is 10.4 Å². The normalized spacial score (nSPS) is 16.8. The second kappa shape index (κ2) is 7.77. The molecule has 0 radical (unpaired) electrons. The van der Waals surface area contributed by atoms with E-state index in [9.17, 15) is 5.11 Å². The zero-order valence-corrected chi connectivity index (χ0v) is 13.7. The van der Waals surface area contributed by atoms with Gasteiger partial charge in [-0.15, -0.1) is 11.3 Å². The van der Waals surface area contributed by atoms with Crippen LogP contribution in [-0.4, -0.2) is 29.7 Å². The molecule has 1 fully saturated rings. The van der Waals surface area contributed by atoms with E-state index >= 15 is 0 Å². The van der Waals surface area contributed by atoms with Crippen LogP contribution in [0.5, 0.6) is 0 Å². The zero-order valence-electron chi connectivity index (χ0n) is 12.9. The first-order valence-corrected chi connectivity index (χ1v) is 8.90. The van der Waals surface area contributed by atoms with Gasteiger partial charge in [0.25, 0.3) is 0 Å². The van der Waals surface area contributed by atoms with Crippen molar-refractivity contribution in [2.24, 2.45) is 5.92 Å². The number of piperidine rings is 1. The van der Waals surface area contributed by atoms with Gasteiger partial charge in [-0.2, -0.15) is 0 Å². The Morgan fingerprint density at radius 3 is 2.77 bits per heavy atom. The number of aliphatic hydroxyl groups excluding tert-OH is 1. The first-order chi connectivity index (χ1) is 10.8. The van der Waals surface area contributed by atoms with Crippen LogP contribution in [0.1, 0.15) is 23.3 Å². The van der Waals surface area contributed by atoms with Crippen molar-refractivity contribution in [3.05, 3.63) is 52.2 Å². The Bertz CT molecular complexity index is 562. The van der Waals surface area contributed by atoms with Crippen molar-refractivity contribution in [3.63, 3.8) is 0 Å². The predicted octanol–water partition coefficient (Wildman–Crippen LogP) is 3.56. The number of likely N-dealkylation sites (tertiary alicyclic amines) is 1. The number of thiophene rings is 1. The van der Waals surface area contributed by atoms with Crippen molar-refractivity contribution < 1.29 is 5.11 Å². The van der Waals surface area contributed by atoms with E-state index in [1.807, 2.05) is 0 Å². The molecule has 3 rings (SSSR count). The lowest BCUT2D eigenvalue weighted by atomic mass is 9.97. The fourth-order valence-electron chi connectivity index (χ4n) is 2.97. The number of benzene rings is 1. The van der Waals surface area contributed by atoms with Crippen LogP contribution in [-0.2, 0) is 13.1 Å². The molecule has 118 valence electrons. The summed E-state index contributed by atoms with van der Waals surface area (Å²) >= 11 is 1.79. The average molecular weight is 316 g/mol. The molecule has 0 saturated carbocycles. The molecule has 0 bridgehead atoms. The van der Waals surface area contributed by atoms with Gasteiger partial charge in [0.2, 0.25) is 0 Å². The number of nitrogens with one attached hydrogen (secondary N) is 1. The highest BCUT2D eigenvalue weighted by Gasteiger charge is 2.18. The summed E-state index contributed by atoms with van der Waals surface area (Å²) in [5.74, 6) is 0.509. The molecule has 1 aromatic heterocycles. The summed E-state index contributed by atoms with van der Waals surface area (Å²) in [6, 6.07) is 13.0. The third kappa shape index (κ3) is 4.32. The summed E-state index contributed by atoms with van der Waals surface area (Å²) in [5, 5.41) is 14.8. The Hall–Kier alpha value is -1.36. The van der Waals surface area contributed by atoms with E-state index in [1.54, 1.807) is 11.3 Å². The van der Waals surface area contributed by atoms with Crippen molar-refractivity contribution in [2.75, 3.05) is 25.0 Å². The highest BCUT2D eigenvalue weighted by Crippen LogP contribution is 2.20. The second-order valence-corrected chi connectivity index (χ2v) is 7.07. The summed E-state index contributed by atoms with van der Waals surface area (Å²) < 4.78 is 0. The lowest BCUT2D eigenvalue weighted by molar-refractivity contribution is 0.127. The number of hydrogen-bond donors (Lipinski definition) is 2. The third-order valence-electron chi connectivity index (χ3n) is 4.35. The molecule has 2 heterocycles. The van der Waals surface area contributed by atoms with Gasteiger partial charge in [-0.25, -0.2) is 0 Å². The van der Waals surface area contributed by atoms with Crippen molar-refractivity contribution in [2.45, 2.75) is 25.9 Å². The molecule has 0 aliphatic carbocycles. The van der Waals surface area contributed by atoms with Crippen LogP contribution in [0.25, 0.3) is 0 Å². The minimum Gasteiger partial charge on any atom is -0.396 e. The molecule has 1 aliphatic rings. The van der Waals surface area contributed by atoms with Crippen LogP contribution in [0.4, 0.5) is 5.69 Å². The van der Waals surface area contributed by atoms with E-state index in [-0.39, 0.29) is 0 Å². The summed E-state index contributed by atoms with van der Waals surface area (Å²) in [6.45, 7) is 4.43. The Balaban J connectivity index is 1.52. The molecule has 2 aromatic rings. The molecule has 0 unspecified atom stereocenters. The van der Waals surface area contributed by atoms with E-state index < -0.39 is 0 Å². The fourth-order valence-corrected chi connectivity index (χ4v) is 3.61. The highest BCUT2D eigenvalue weighted by molar-refractivity contribution is 7.09. The molecule has 2 N–H and O–H groups in total. The molecule has 3 nitrogen and oxygen atoms in total. The van der Waals surface area contributed by atoms with Gasteiger partial charge in [0.1, 0.15) is 0 Å². The predicted molar refractivity (Wildman–Crippen MR) is 93.2 cm³/mol. The fraction of sp³-hybridized carbons (Fsp3) is 0.444. The minimum absolute atomic E-state index is 0.343. The van der Waals surface area contributed by atoms with Gasteiger partial charge in [-0.05, 0) is 61.0 Å². The van der Waals surface area contributed by atoms with Crippen LogP contribution in [0, 0.1) is 5.92 Å². The van der Waals surface area contributed by atoms with Gasteiger partial charge in [0.05, 0.1) is 0 Å². The van der Waals surface area contributed by atoms with Gasteiger partial charge in [0.15, 0.2) is 0 Å². The summed E-state index contributed by atoms with van der Waals surface area (Å²) in [5.41, 5.74) is 2.55. The SMILES string of the molecule is OCC1CCN(Cc2cccc(NCc3cccs3)c2)CC1.